The highest BCUT2D eigenvalue weighted by molar-refractivity contribution is 7.98. The second-order valence-electron chi connectivity index (χ2n) is 3.46. The van der Waals surface area contributed by atoms with E-state index in [-0.39, 0.29) is 12.4 Å². The Morgan fingerprint density at radius 1 is 1.06 bits per heavy atom. The molecule has 17 heavy (non-hydrogen) atoms. The Bertz CT molecular complexity index is 488. The van der Waals surface area contributed by atoms with E-state index in [9.17, 15) is 0 Å². The van der Waals surface area contributed by atoms with E-state index in [2.05, 4.69) is 6.07 Å². The first kappa shape index (κ1) is 14.2. The molecule has 0 saturated carbocycles. The van der Waals surface area contributed by atoms with Crippen molar-refractivity contribution in [2.45, 2.75) is 10.6 Å². The molecule has 0 atom stereocenters. The van der Waals surface area contributed by atoms with E-state index in [0.717, 1.165) is 21.4 Å². The van der Waals surface area contributed by atoms with Gasteiger partial charge in [0.1, 0.15) is 0 Å². The maximum absolute atomic E-state index is 5.92. The molecule has 0 heterocycles. The third-order valence-electron chi connectivity index (χ3n) is 2.20. The van der Waals surface area contributed by atoms with Crippen LogP contribution in [0.4, 0.5) is 5.69 Å². The molecule has 0 unspecified atom stereocenters. The lowest BCUT2D eigenvalue weighted by molar-refractivity contribution is 1.38. The Morgan fingerprint density at radius 3 is 2.53 bits per heavy atom. The highest BCUT2D eigenvalue weighted by Crippen LogP contribution is 2.28. The summed E-state index contributed by atoms with van der Waals surface area (Å²) in [5, 5.41) is 0.777. The lowest BCUT2D eigenvalue weighted by Gasteiger charge is -2.05. The number of anilines is 1. The van der Waals surface area contributed by atoms with E-state index in [1.165, 1.54) is 5.56 Å². The lowest BCUT2D eigenvalue weighted by atomic mass is 10.2. The SMILES string of the molecule is Cl.Nc1ccccc1SCc1cccc(Cl)c1. The lowest BCUT2D eigenvalue weighted by Crippen LogP contribution is -1.88. The molecule has 2 N–H and O–H groups in total. The summed E-state index contributed by atoms with van der Waals surface area (Å²) in [4.78, 5) is 1.11. The number of benzene rings is 2. The van der Waals surface area contributed by atoms with E-state index in [1.54, 1.807) is 11.8 Å². The maximum Gasteiger partial charge on any atom is 0.0452 e. The smallest absolute Gasteiger partial charge is 0.0452 e. The number of halogens is 2. The van der Waals surface area contributed by atoms with E-state index in [1.807, 2.05) is 42.5 Å². The summed E-state index contributed by atoms with van der Waals surface area (Å²) in [6.45, 7) is 0. The molecule has 2 aromatic rings. The van der Waals surface area contributed by atoms with Gasteiger partial charge in [0.2, 0.25) is 0 Å². The summed E-state index contributed by atoms with van der Waals surface area (Å²) in [5.74, 6) is 0.884. The van der Waals surface area contributed by atoms with Crippen LogP contribution in [0.5, 0.6) is 0 Å². The Balaban J connectivity index is 0.00000144. The van der Waals surface area contributed by atoms with Crippen LogP contribution < -0.4 is 5.73 Å². The van der Waals surface area contributed by atoms with Crippen molar-refractivity contribution in [1.29, 1.82) is 0 Å². The molecule has 0 bridgehead atoms. The molecular formula is C13H13Cl2NS. The van der Waals surface area contributed by atoms with Gasteiger partial charge in [-0.15, -0.1) is 24.2 Å². The average Bonchev–Trinajstić information content (AvgIpc) is 2.28. The van der Waals surface area contributed by atoms with E-state index in [4.69, 9.17) is 17.3 Å². The molecular weight excluding hydrogens is 273 g/mol. The van der Waals surface area contributed by atoms with Crippen molar-refractivity contribution < 1.29 is 0 Å². The zero-order valence-corrected chi connectivity index (χ0v) is 11.5. The Labute approximate surface area is 117 Å². The van der Waals surface area contributed by atoms with Crippen molar-refractivity contribution >= 4 is 41.5 Å². The first-order valence-electron chi connectivity index (χ1n) is 4.97. The Hall–Kier alpha value is -0.830. The summed E-state index contributed by atoms with van der Waals surface area (Å²) in [5.41, 5.74) is 7.91. The quantitative estimate of drug-likeness (QED) is 0.657. The Morgan fingerprint density at radius 2 is 1.82 bits per heavy atom. The molecule has 90 valence electrons. The van der Waals surface area contributed by atoms with Crippen molar-refractivity contribution in [3.63, 3.8) is 0 Å². The van der Waals surface area contributed by atoms with Gasteiger partial charge in [-0.05, 0) is 29.8 Å². The fraction of sp³-hybridized carbons (Fsp3) is 0.0769. The molecule has 0 aromatic heterocycles. The van der Waals surface area contributed by atoms with Gasteiger partial charge in [0.05, 0.1) is 0 Å². The van der Waals surface area contributed by atoms with Crippen molar-refractivity contribution in [3.05, 3.63) is 59.1 Å². The first-order valence-corrected chi connectivity index (χ1v) is 6.34. The van der Waals surface area contributed by atoms with Crippen LogP contribution in [-0.4, -0.2) is 0 Å². The second kappa shape index (κ2) is 6.80. The molecule has 0 aliphatic heterocycles. The third kappa shape index (κ3) is 4.15. The number of nitrogen functional groups attached to an aromatic ring is 1. The van der Waals surface area contributed by atoms with Crippen LogP contribution in [0.15, 0.2) is 53.4 Å². The van der Waals surface area contributed by atoms with Crippen LogP contribution in [0, 0.1) is 0 Å². The van der Waals surface area contributed by atoms with Crippen molar-refractivity contribution in [3.8, 4) is 0 Å². The zero-order valence-electron chi connectivity index (χ0n) is 9.10. The predicted octanol–water partition coefficient (Wildman–Crippen LogP) is 4.64. The molecule has 2 aromatic carbocycles. The molecule has 2 rings (SSSR count). The number of hydrogen-bond donors (Lipinski definition) is 1. The van der Waals surface area contributed by atoms with Crippen LogP contribution in [0.3, 0.4) is 0 Å². The average molecular weight is 286 g/mol. The topological polar surface area (TPSA) is 26.0 Å². The van der Waals surface area contributed by atoms with Crippen molar-refractivity contribution in [2.75, 3.05) is 5.73 Å². The van der Waals surface area contributed by atoms with Gasteiger partial charge in [0, 0.05) is 21.4 Å². The molecule has 0 radical (unpaired) electrons. The van der Waals surface area contributed by atoms with E-state index < -0.39 is 0 Å². The minimum Gasteiger partial charge on any atom is -0.398 e. The minimum atomic E-state index is 0. The standard InChI is InChI=1S/C13H12ClNS.ClH/c14-11-5-3-4-10(8-11)9-16-13-7-2-1-6-12(13)15;/h1-8H,9,15H2;1H. The molecule has 0 aliphatic carbocycles. The third-order valence-corrected chi connectivity index (χ3v) is 3.60. The van der Waals surface area contributed by atoms with E-state index in [0.29, 0.717) is 0 Å². The molecule has 0 saturated heterocycles. The van der Waals surface area contributed by atoms with Gasteiger partial charge in [-0.25, -0.2) is 0 Å². The monoisotopic (exact) mass is 285 g/mol. The molecule has 0 fully saturated rings. The van der Waals surface area contributed by atoms with Crippen LogP contribution >= 0.6 is 35.8 Å². The van der Waals surface area contributed by atoms with Gasteiger partial charge < -0.3 is 5.73 Å². The van der Waals surface area contributed by atoms with Crippen LogP contribution in [0.25, 0.3) is 0 Å². The summed E-state index contributed by atoms with van der Waals surface area (Å²) in [6, 6.07) is 15.8. The maximum atomic E-state index is 5.92. The largest absolute Gasteiger partial charge is 0.398 e. The summed E-state index contributed by atoms with van der Waals surface area (Å²) >= 11 is 7.65. The Kier molecular flexibility index (Phi) is 5.69. The van der Waals surface area contributed by atoms with E-state index >= 15 is 0 Å². The summed E-state index contributed by atoms with van der Waals surface area (Å²) in [6.07, 6.45) is 0. The molecule has 0 spiro atoms. The molecule has 4 heteroatoms. The summed E-state index contributed by atoms with van der Waals surface area (Å²) in [7, 11) is 0. The number of para-hydroxylation sites is 1. The van der Waals surface area contributed by atoms with Crippen molar-refractivity contribution in [1.82, 2.24) is 0 Å². The highest BCUT2D eigenvalue weighted by atomic mass is 35.5. The number of thioether (sulfide) groups is 1. The minimum absolute atomic E-state index is 0. The first-order chi connectivity index (χ1) is 7.75. The van der Waals surface area contributed by atoms with Gasteiger partial charge in [0.15, 0.2) is 0 Å². The fourth-order valence-electron chi connectivity index (χ4n) is 1.40. The predicted molar refractivity (Wildman–Crippen MR) is 79.1 cm³/mol. The van der Waals surface area contributed by atoms with Gasteiger partial charge in [-0.2, -0.15) is 0 Å². The fourth-order valence-corrected chi connectivity index (χ4v) is 2.52. The van der Waals surface area contributed by atoms with Crippen LogP contribution in [-0.2, 0) is 5.75 Å². The number of nitrogens with two attached hydrogens (primary N) is 1. The highest BCUT2D eigenvalue weighted by Gasteiger charge is 2.00. The second-order valence-corrected chi connectivity index (χ2v) is 4.91. The van der Waals surface area contributed by atoms with Gasteiger partial charge >= 0.3 is 0 Å². The molecule has 0 amide bonds. The summed E-state index contributed by atoms with van der Waals surface area (Å²) < 4.78 is 0. The van der Waals surface area contributed by atoms with Gasteiger partial charge in [-0.1, -0.05) is 35.9 Å². The molecule has 1 nitrogen and oxygen atoms in total. The van der Waals surface area contributed by atoms with Gasteiger partial charge in [-0.3, -0.25) is 0 Å². The number of rotatable bonds is 3. The van der Waals surface area contributed by atoms with Crippen LogP contribution in [0.1, 0.15) is 5.56 Å². The van der Waals surface area contributed by atoms with Crippen LogP contribution in [0.2, 0.25) is 5.02 Å². The van der Waals surface area contributed by atoms with Gasteiger partial charge in [0.25, 0.3) is 0 Å². The normalized spacial score (nSPS) is 9.71. The molecule has 0 aliphatic rings. The van der Waals surface area contributed by atoms with Crippen molar-refractivity contribution in [2.24, 2.45) is 0 Å². The number of hydrogen-bond acceptors (Lipinski definition) is 2. The zero-order chi connectivity index (χ0) is 11.4.